The van der Waals surface area contributed by atoms with Crippen LogP contribution in [0.15, 0.2) is 18.2 Å². The van der Waals surface area contributed by atoms with Gasteiger partial charge in [-0.2, -0.15) is 60.6 Å². The van der Waals surface area contributed by atoms with Crippen molar-refractivity contribution < 1.29 is 39.5 Å². The number of alkyl halides is 9. The summed E-state index contributed by atoms with van der Waals surface area (Å²) in [6.07, 6.45) is -18.0. The quantitative estimate of drug-likeness (QED) is 0.269. The van der Waals surface area contributed by atoms with Crippen LogP contribution in [-0.4, -0.2) is 0 Å². The van der Waals surface area contributed by atoms with E-state index in [4.69, 9.17) is 0 Å². The summed E-state index contributed by atoms with van der Waals surface area (Å²) in [5.41, 5.74) is -11.7. The van der Waals surface area contributed by atoms with Gasteiger partial charge in [-0.1, -0.05) is 12.1 Å². The van der Waals surface area contributed by atoms with Gasteiger partial charge < -0.3 is 0 Å². The minimum absolute atomic E-state index is 0.149. The lowest BCUT2D eigenvalue weighted by molar-refractivity contribution is -0.173. The molecule has 170 valence electrons. The van der Waals surface area contributed by atoms with Gasteiger partial charge in [0, 0.05) is 16.2 Å². The van der Waals surface area contributed by atoms with Crippen molar-refractivity contribution in [2.45, 2.75) is 18.5 Å². The first-order valence-electron chi connectivity index (χ1n) is 8.58. The van der Waals surface area contributed by atoms with Gasteiger partial charge in [0.1, 0.15) is 24.3 Å². The monoisotopic (exact) mass is 482 g/mol. The molecule has 0 N–H and O–H groups in total. The summed E-state index contributed by atoms with van der Waals surface area (Å²) in [4.78, 5) is 0. The SMILES string of the molecule is N#Cc1c(C#N)c(C#N)c2c(ccc3cc(C(F)(F)F)c(C(F)(F)F)c(C(F)(F)F)c32)c1C#N. The summed E-state index contributed by atoms with van der Waals surface area (Å²) in [5, 5.41) is 33.6. The maximum Gasteiger partial charge on any atom is 0.417 e. The van der Waals surface area contributed by atoms with Crippen LogP contribution in [0.5, 0.6) is 0 Å². The Labute approximate surface area is 182 Å². The molecule has 4 nitrogen and oxygen atoms in total. The van der Waals surface area contributed by atoms with E-state index >= 15 is 0 Å². The highest BCUT2D eigenvalue weighted by atomic mass is 19.4. The van der Waals surface area contributed by atoms with Crippen molar-refractivity contribution in [3.8, 4) is 24.3 Å². The summed E-state index contributed by atoms with van der Waals surface area (Å²) < 4.78 is 123. The number of rotatable bonds is 0. The first-order valence-corrected chi connectivity index (χ1v) is 8.58. The van der Waals surface area contributed by atoms with Crippen LogP contribution in [0.2, 0.25) is 0 Å². The zero-order chi connectivity index (χ0) is 25.8. The standard InChI is InChI=1S/C21H3F9N4/c22-19(23,24)14-3-8-1-2-9-10(4-31)11(5-32)12(6-33)13(7-34)16(9)15(8)18(21(28,29)30)17(14)20(25,26)27/h1-3H. The van der Waals surface area contributed by atoms with Crippen LogP contribution >= 0.6 is 0 Å². The van der Waals surface area contributed by atoms with Gasteiger partial charge in [-0.05, 0) is 11.5 Å². The lowest BCUT2D eigenvalue weighted by atomic mass is 9.84. The first-order chi connectivity index (χ1) is 15.6. The van der Waals surface area contributed by atoms with Crippen LogP contribution in [0.3, 0.4) is 0 Å². The van der Waals surface area contributed by atoms with Gasteiger partial charge in [0.05, 0.1) is 38.9 Å². The average Bonchev–Trinajstić information content (AvgIpc) is 2.73. The van der Waals surface area contributed by atoms with E-state index in [1.807, 2.05) is 0 Å². The third-order valence-electron chi connectivity index (χ3n) is 4.90. The highest BCUT2D eigenvalue weighted by Gasteiger charge is 2.51. The molecule has 3 aromatic carbocycles. The number of halogens is 9. The number of hydrogen-bond donors (Lipinski definition) is 0. The molecule has 13 heteroatoms. The Morgan fingerprint density at radius 3 is 1.41 bits per heavy atom. The third kappa shape index (κ3) is 3.48. The molecule has 0 radical (unpaired) electrons. The van der Waals surface area contributed by atoms with Crippen molar-refractivity contribution in [2.75, 3.05) is 0 Å². The Morgan fingerprint density at radius 1 is 0.529 bits per heavy atom. The summed E-state index contributed by atoms with van der Waals surface area (Å²) >= 11 is 0. The molecule has 0 bridgehead atoms. The molecule has 0 heterocycles. The van der Waals surface area contributed by atoms with Gasteiger partial charge in [0.2, 0.25) is 0 Å². The van der Waals surface area contributed by atoms with E-state index < -0.39 is 79.0 Å². The summed E-state index contributed by atoms with van der Waals surface area (Å²) in [6.45, 7) is 0. The smallest absolute Gasteiger partial charge is 0.192 e. The molecule has 0 aromatic heterocycles. The van der Waals surface area contributed by atoms with E-state index in [0.29, 0.717) is 6.07 Å². The molecular weight excluding hydrogens is 479 g/mol. The molecule has 3 rings (SSSR count). The molecule has 0 atom stereocenters. The fraction of sp³-hybridized carbons (Fsp3) is 0.143. The van der Waals surface area contributed by atoms with Gasteiger partial charge in [0.15, 0.2) is 0 Å². The van der Waals surface area contributed by atoms with Crippen molar-refractivity contribution in [2.24, 2.45) is 0 Å². The minimum Gasteiger partial charge on any atom is -0.192 e. The van der Waals surface area contributed by atoms with Crippen LogP contribution in [0.1, 0.15) is 38.9 Å². The van der Waals surface area contributed by atoms with Gasteiger partial charge in [-0.3, -0.25) is 0 Å². The normalized spacial score (nSPS) is 12.1. The second-order valence-electron chi connectivity index (χ2n) is 6.70. The number of nitriles is 4. The minimum atomic E-state index is -6.14. The largest absolute Gasteiger partial charge is 0.417 e. The highest BCUT2D eigenvalue weighted by Crippen LogP contribution is 2.51. The summed E-state index contributed by atoms with van der Waals surface area (Å²) in [6, 6.07) is 6.85. The molecule has 0 amide bonds. The number of benzene rings is 3. The highest BCUT2D eigenvalue weighted by molar-refractivity contribution is 6.15. The van der Waals surface area contributed by atoms with E-state index in [1.165, 1.54) is 24.3 Å². The van der Waals surface area contributed by atoms with E-state index in [2.05, 4.69) is 0 Å². The van der Waals surface area contributed by atoms with Gasteiger partial charge in [-0.15, -0.1) is 0 Å². The van der Waals surface area contributed by atoms with Crippen LogP contribution in [0, 0.1) is 45.3 Å². The summed E-state index contributed by atoms with van der Waals surface area (Å²) in [5.74, 6) is 0. The fourth-order valence-corrected chi connectivity index (χ4v) is 3.73. The van der Waals surface area contributed by atoms with Crippen molar-refractivity contribution in [1.29, 1.82) is 21.0 Å². The predicted octanol–water partition coefficient (Wildman–Crippen LogP) is 6.54. The molecule has 0 fully saturated rings. The fourth-order valence-electron chi connectivity index (χ4n) is 3.73. The van der Waals surface area contributed by atoms with Crippen molar-refractivity contribution in [3.05, 3.63) is 57.1 Å². The van der Waals surface area contributed by atoms with Crippen LogP contribution in [0.25, 0.3) is 21.5 Å². The molecule has 0 spiro atoms. The topological polar surface area (TPSA) is 95.2 Å². The van der Waals surface area contributed by atoms with Gasteiger partial charge in [0.25, 0.3) is 0 Å². The Bertz CT molecular complexity index is 1550. The van der Waals surface area contributed by atoms with Gasteiger partial charge in [-0.25, -0.2) is 0 Å². The van der Waals surface area contributed by atoms with Crippen molar-refractivity contribution in [3.63, 3.8) is 0 Å². The third-order valence-corrected chi connectivity index (χ3v) is 4.90. The molecule has 0 aliphatic carbocycles. The molecule has 3 aromatic rings. The Hall–Kier alpha value is -4.49. The second-order valence-corrected chi connectivity index (χ2v) is 6.70. The van der Waals surface area contributed by atoms with Crippen molar-refractivity contribution in [1.82, 2.24) is 0 Å². The molecule has 0 saturated carbocycles. The van der Waals surface area contributed by atoms with Crippen molar-refractivity contribution >= 4 is 21.5 Å². The molecular formula is C21H3F9N4. The number of nitrogens with zero attached hydrogens (tertiary/aromatic N) is 4. The average molecular weight is 482 g/mol. The molecule has 0 unspecified atom stereocenters. The Balaban J connectivity index is 2.93. The van der Waals surface area contributed by atoms with E-state index in [0.717, 1.165) is 6.07 Å². The molecule has 0 saturated heterocycles. The van der Waals surface area contributed by atoms with E-state index in [1.54, 1.807) is 0 Å². The zero-order valence-corrected chi connectivity index (χ0v) is 15.9. The Kier molecular flexibility index (Phi) is 5.35. The lowest BCUT2D eigenvalue weighted by Gasteiger charge is -2.24. The van der Waals surface area contributed by atoms with E-state index in [-0.39, 0.29) is 6.07 Å². The van der Waals surface area contributed by atoms with Gasteiger partial charge >= 0.3 is 18.5 Å². The first kappa shape index (κ1) is 24.2. The van der Waals surface area contributed by atoms with E-state index in [9.17, 15) is 60.6 Å². The number of fused-ring (bicyclic) bond motifs is 3. The van der Waals surface area contributed by atoms with Crippen LogP contribution in [-0.2, 0) is 18.5 Å². The molecule has 34 heavy (non-hydrogen) atoms. The maximum atomic E-state index is 14.0. The van der Waals surface area contributed by atoms with Crippen LogP contribution in [0.4, 0.5) is 39.5 Å². The predicted molar refractivity (Wildman–Crippen MR) is 95.3 cm³/mol. The maximum absolute atomic E-state index is 14.0. The van der Waals surface area contributed by atoms with Crippen LogP contribution < -0.4 is 0 Å². The summed E-state index contributed by atoms with van der Waals surface area (Å²) in [7, 11) is 0. The Morgan fingerprint density at radius 2 is 1.00 bits per heavy atom. The number of hydrogen-bond acceptors (Lipinski definition) is 4. The molecule has 0 aliphatic rings. The zero-order valence-electron chi connectivity index (χ0n) is 15.9. The molecule has 0 aliphatic heterocycles. The second kappa shape index (κ2) is 7.54. The lowest BCUT2D eigenvalue weighted by Crippen LogP contribution is -2.23.